The molecule has 1 amide bonds. The smallest absolute Gasteiger partial charge is 0.244 e. The van der Waals surface area contributed by atoms with E-state index in [9.17, 15) is 4.79 Å². The molecule has 1 fully saturated rings. The average molecular weight is 338 g/mol. The third kappa shape index (κ3) is 5.03. The van der Waals surface area contributed by atoms with Crippen LogP contribution in [-0.2, 0) is 4.79 Å². The molecule has 0 aliphatic carbocycles. The van der Waals surface area contributed by atoms with Crippen molar-refractivity contribution in [1.29, 1.82) is 0 Å². The summed E-state index contributed by atoms with van der Waals surface area (Å²) >= 11 is 0. The largest absolute Gasteiger partial charge is 0.350 e. The zero-order chi connectivity index (χ0) is 17.5. The topological polar surface area (TPSA) is 50.2 Å². The second kappa shape index (κ2) is 8.62. The number of amides is 1. The molecule has 5 nitrogen and oxygen atoms in total. The van der Waals surface area contributed by atoms with Crippen LogP contribution >= 0.6 is 0 Å². The molecular weight excluding hydrogens is 312 g/mol. The Morgan fingerprint density at radius 1 is 1.28 bits per heavy atom. The predicted octanol–water partition coefficient (Wildman–Crippen LogP) is 2.88. The van der Waals surface area contributed by atoms with E-state index in [1.807, 2.05) is 42.6 Å². The lowest BCUT2D eigenvalue weighted by molar-refractivity contribution is -0.117. The fraction of sp³-hybridized carbons (Fsp3) is 0.400. The van der Waals surface area contributed by atoms with E-state index in [-0.39, 0.29) is 11.9 Å². The minimum Gasteiger partial charge on any atom is -0.350 e. The average Bonchev–Trinajstić information content (AvgIpc) is 3.12. The highest BCUT2D eigenvalue weighted by molar-refractivity contribution is 5.91. The predicted molar refractivity (Wildman–Crippen MR) is 100 cm³/mol. The highest BCUT2D eigenvalue weighted by atomic mass is 16.1. The Bertz CT molecular complexity index is 699. The summed E-state index contributed by atoms with van der Waals surface area (Å²) in [5.74, 6) is -0.0265. The fourth-order valence-electron chi connectivity index (χ4n) is 3.18. The number of hydrogen-bond donors (Lipinski definition) is 1. The van der Waals surface area contributed by atoms with Crippen LogP contribution in [0.3, 0.4) is 0 Å². The molecule has 3 rings (SSSR count). The maximum Gasteiger partial charge on any atom is 0.244 e. The molecule has 2 aromatic rings. The molecule has 132 valence electrons. The third-order valence-corrected chi connectivity index (χ3v) is 4.52. The highest BCUT2D eigenvalue weighted by Gasteiger charge is 2.19. The minimum atomic E-state index is -0.0265. The number of benzene rings is 1. The van der Waals surface area contributed by atoms with E-state index in [4.69, 9.17) is 0 Å². The number of carbonyl (C=O) groups is 1. The molecule has 5 heteroatoms. The van der Waals surface area contributed by atoms with Gasteiger partial charge < -0.3 is 10.2 Å². The molecule has 25 heavy (non-hydrogen) atoms. The number of hydrogen-bond acceptors (Lipinski definition) is 3. The van der Waals surface area contributed by atoms with Gasteiger partial charge in [0.25, 0.3) is 0 Å². The summed E-state index contributed by atoms with van der Waals surface area (Å²) in [6.45, 7) is 5.52. The Morgan fingerprint density at radius 3 is 2.76 bits per heavy atom. The summed E-state index contributed by atoms with van der Waals surface area (Å²) in [4.78, 5) is 14.6. The molecule has 1 aliphatic heterocycles. The number of likely N-dealkylation sites (tertiary alicyclic amines) is 1. The van der Waals surface area contributed by atoms with E-state index in [0.717, 1.165) is 43.7 Å². The van der Waals surface area contributed by atoms with E-state index >= 15 is 0 Å². The lowest BCUT2D eigenvalue weighted by Gasteiger charge is -2.31. The summed E-state index contributed by atoms with van der Waals surface area (Å²) in [5, 5.41) is 7.44. The van der Waals surface area contributed by atoms with Gasteiger partial charge in [-0.1, -0.05) is 25.1 Å². The van der Waals surface area contributed by atoms with Crippen LogP contribution in [0.15, 0.2) is 48.8 Å². The molecule has 1 aliphatic rings. The molecule has 0 atom stereocenters. The van der Waals surface area contributed by atoms with Gasteiger partial charge in [0.1, 0.15) is 0 Å². The third-order valence-electron chi connectivity index (χ3n) is 4.52. The Morgan fingerprint density at radius 2 is 2.04 bits per heavy atom. The first-order valence-electron chi connectivity index (χ1n) is 9.05. The molecular formula is C20H26N4O. The SMILES string of the molecule is CCCN1CCC(NC(=O)/C=C/c2cnn(-c3ccccc3)c2)CC1. The number of carbonyl (C=O) groups excluding carboxylic acids is 1. The molecule has 1 aromatic carbocycles. The van der Waals surface area contributed by atoms with Crippen LogP contribution in [0.1, 0.15) is 31.7 Å². The van der Waals surface area contributed by atoms with Gasteiger partial charge in [-0.15, -0.1) is 0 Å². The first-order valence-corrected chi connectivity index (χ1v) is 9.05. The van der Waals surface area contributed by atoms with Crippen LogP contribution in [0.25, 0.3) is 11.8 Å². The Kier molecular flexibility index (Phi) is 6.01. The lowest BCUT2D eigenvalue weighted by atomic mass is 10.0. The summed E-state index contributed by atoms with van der Waals surface area (Å²) in [6, 6.07) is 10.2. The highest BCUT2D eigenvalue weighted by Crippen LogP contribution is 2.11. The van der Waals surface area contributed by atoms with Crippen molar-refractivity contribution in [2.45, 2.75) is 32.2 Å². The molecule has 0 saturated carbocycles. The van der Waals surface area contributed by atoms with Gasteiger partial charge in [-0.05, 0) is 44.0 Å². The summed E-state index contributed by atoms with van der Waals surface area (Å²) in [7, 11) is 0. The Balaban J connectivity index is 1.49. The number of nitrogens with zero attached hydrogens (tertiary/aromatic N) is 3. The van der Waals surface area contributed by atoms with E-state index in [1.54, 1.807) is 17.0 Å². The number of nitrogens with one attached hydrogen (secondary N) is 1. The van der Waals surface area contributed by atoms with Gasteiger partial charge in [0, 0.05) is 37.0 Å². The first kappa shape index (κ1) is 17.4. The van der Waals surface area contributed by atoms with Gasteiger partial charge in [-0.2, -0.15) is 5.10 Å². The van der Waals surface area contributed by atoms with Crippen molar-refractivity contribution in [1.82, 2.24) is 20.0 Å². The van der Waals surface area contributed by atoms with Crippen molar-refractivity contribution in [3.63, 3.8) is 0 Å². The first-order chi connectivity index (χ1) is 12.2. The van der Waals surface area contributed by atoms with Crippen LogP contribution in [0, 0.1) is 0 Å². The van der Waals surface area contributed by atoms with Crippen LogP contribution in [0.5, 0.6) is 0 Å². The maximum atomic E-state index is 12.1. The zero-order valence-electron chi connectivity index (χ0n) is 14.8. The van der Waals surface area contributed by atoms with Crippen molar-refractivity contribution < 1.29 is 4.79 Å². The molecule has 2 heterocycles. The van der Waals surface area contributed by atoms with Crippen molar-refractivity contribution in [3.8, 4) is 5.69 Å². The normalized spacial score (nSPS) is 16.4. The molecule has 1 saturated heterocycles. The van der Waals surface area contributed by atoms with Crippen LogP contribution < -0.4 is 5.32 Å². The van der Waals surface area contributed by atoms with Gasteiger partial charge in [0.05, 0.1) is 11.9 Å². The Hall–Kier alpha value is -2.40. The molecule has 1 aromatic heterocycles. The Labute approximate surface area is 149 Å². The van der Waals surface area contributed by atoms with E-state index in [0.29, 0.717) is 0 Å². The fourth-order valence-corrected chi connectivity index (χ4v) is 3.18. The van der Waals surface area contributed by atoms with E-state index < -0.39 is 0 Å². The van der Waals surface area contributed by atoms with Crippen molar-refractivity contribution in [3.05, 3.63) is 54.4 Å². The zero-order valence-corrected chi connectivity index (χ0v) is 14.8. The van der Waals surface area contributed by atoms with E-state index in [1.165, 1.54) is 6.42 Å². The number of para-hydroxylation sites is 1. The standard InChI is InChI=1S/C20H26N4O/c1-2-12-23-13-10-18(11-14-23)22-20(25)9-8-17-15-21-24(16-17)19-6-4-3-5-7-19/h3-9,15-16,18H,2,10-14H2,1H3,(H,22,25)/b9-8+. The van der Waals surface area contributed by atoms with Crippen molar-refractivity contribution in [2.75, 3.05) is 19.6 Å². The second-order valence-corrected chi connectivity index (χ2v) is 6.51. The van der Waals surface area contributed by atoms with Gasteiger partial charge in [0.2, 0.25) is 5.91 Å². The molecule has 0 spiro atoms. The summed E-state index contributed by atoms with van der Waals surface area (Å²) in [5.41, 5.74) is 1.92. The van der Waals surface area contributed by atoms with Gasteiger partial charge >= 0.3 is 0 Å². The summed E-state index contributed by atoms with van der Waals surface area (Å²) in [6.07, 6.45) is 10.4. The molecule has 1 N–H and O–H groups in total. The molecule has 0 bridgehead atoms. The minimum absolute atomic E-state index is 0.0265. The molecule has 0 unspecified atom stereocenters. The lowest BCUT2D eigenvalue weighted by Crippen LogP contribution is -2.44. The number of aromatic nitrogens is 2. The molecule has 0 radical (unpaired) electrons. The quantitative estimate of drug-likeness (QED) is 0.824. The van der Waals surface area contributed by atoms with Gasteiger partial charge in [0.15, 0.2) is 0 Å². The second-order valence-electron chi connectivity index (χ2n) is 6.51. The van der Waals surface area contributed by atoms with E-state index in [2.05, 4.69) is 22.2 Å². The van der Waals surface area contributed by atoms with Crippen LogP contribution in [-0.4, -0.2) is 46.3 Å². The maximum absolute atomic E-state index is 12.1. The van der Waals surface area contributed by atoms with Crippen molar-refractivity contribution in [2.24, 2.45) is 0 Å². The van der Waals surface area contributed by atoms with Gasteiger partial charge in [-0.25, -0.2) is 4.68 Å². The van der Waals surface area contributed by atoms with Crippen LogP contribution in [0.4, 0.5) is 0 Å². The number of rotatable bonds is 6. The number of piperidine rings is 1. The monoisotopic (exact) mass is 338 g/mol. The van der Waals surface area contributed by atoms with Crippen LogP contribution in [0.2, 0.25) is 0 Å². The summed E-state index contributed by atoms with van der Waals surface area (Å²) < 4.78 is 1.81. The van der Waals surface area contributed by atoms with Gasteiger partial charge in [-0.3, -0.25) is 4.79 Å². The van der Waals surface area contributed by atoms with Crippen molar-refractivity contribution >= 4 is 12.0 Å².